The molecule has 0 fully saturated rings. The number of aromatic nitrogens is 1. The van der Waals surface area contributed by atoms with Crippen LogP contribution in [0.1, 0.15) is 18.1 Å². The zero-order valence-corrected chi connectivity index (χ0v) is 38.1. The van der Waals surface area contributed by atoms with Crippen LogP contribution in [0.5, 0.6) is 0 Å². The van der Waals surface area contributed by atoms with Crippen LogP contribution in [-0.2, 0) is 6.54 Å². The van der Waals surface area contributed by atoms with Gasteiger partial charge in [-0.05, 0) is 151 Å². The summed E-state index contributed by atoms with van der Waals surface area (Å²) < 4.78 is 2.41. The molecule has 1 heteroatoms. The molecule has 1 heterocycles. The number of aryl methyl sites for hydroxylation is 3. The molecule has 0 N–H and O–H groups in total. The van der Waals surface area contributed by atoms with E-state index in [4.69, 9.17) is 0 Å². The highest BCUT2D eigenvalue weighted by molar-refractivity contribution is 6.22. The summed E-state index contributed by atoms with van der Waals surface area (Å²) in [5.74, 6) is 0. The monoisotopic (exact) mass is 855 g/mol. The highest BCUT2D eigenvalue weighted by Crippen LogP contribution is 2.47. The molecule has 0 amide bonds. The first-order valence-electron chi connectivity index (χ1n) is 23.5. The SMILES string of the molecule is CCn1c2ccccc2c2cc(-c3ccc(-c4ccc(-c5c6ccc(-c7ccc(C)cc7)cc6c(-c6ccc(-c7ccccc7)cc6)c6ccc(-c7ccc(C)cc7)cc56)cc4)cc3)ccc21. The van der Waals surface area contributed by atoms with Gasteiger partial charge in [0.2, 0.25) is 0 Å². The fraction of sp³-hybridized carbons (Fsp3) is 0.0606. The normalized spacial score (nSPS) is 11.6. The molecule has 0 spiro atoms. The van der Waals surface area contributed by atoms with E-state index in [9.17, 15) is 0 Å². The van der Waals surface area contributed by atoms with Crippen LogP contribution in [0.15, 0.2) is 231 Å². The number of benzene rings is 11. The number of para-hydroxylation sites is 1. The van der Waals surface area contributed by atoms with E-state index in [0.717, 1.165) is 6.54 Å². The average Bonchev–Trinajstić information content (AvgIpc) is 3.71. The average molecular weight is 856 g/mol. The molecule has 0 unspecified atom stereocenters. The molecule has 12 rings (SSSR count). The highest BCUT2D eigenvalue weighted by atomic mass is 15.0. The lowest BCUT2D eigenvalue weighted by atomic mass is 9.83. The lowest BCUT2D eigenvalue weighted by molar-refractivity contribution is 0.827. The third-order valence-corrected chi connectivity index (χ3v) is 14.0. The molecule has 11 aromatic carbocycles. The fourth-order valence-corrected chi connectivity index (χ4v) is 10.4. The first-order chi connectivity index (χ1) is 33.0. The Kier molecular flexibility index (Phi) is 9.99. The van der Waals surface area contributed by atoms with E-state index < -0.39 is 0 Å². The van der Waals surface area contributed by atoms with Gasteiger partial charge in [0, 0.05) is 28.4 Å². The van der Waals surface area contributed by atoms with Crippen LogP contribution in [-0.4, -0.2) is 4.57 Å². The number of hydrogen-bond donors (Lipinski definition) is 0. The summed E-state index contributed by atoms with van der Waals surface area (Å²) in [7, 11) is 0. The van der Waals surface area contributed by atoms with Crippen LogP contribution in [0, 0.1) is 13.8 Å². The van der Waals surface area contributed by atoms with Gasteiger partial charge in [0.25, 0.3) is 0 Å². The van der Waals surface area contributed by atoms with Crippen molar-refractivity contribution in [1.82, 2.24) is 4.57 Å². The van der Waals surface area contributed by atoms with Gasteiger partial charge in [-0.25, -0.2) is 0 Å². The number of nitrogens with zero attached hydrogens (tertiary/aromatic N) is 1. The third kappa shape index (κ3) is 7.21. The molecular weight excluding hydrogens is 807 g/mol. The van der Waals surface area contributed by atoms with Crippen molar-refractivity contribution >= 4 is 43.4 Å². The van der Waals surface area contributed by atoms with Gasteiger partial charge in [-0.3, -0.25) is 0 Å². The van der Waals surface area contributed by atoms with Crippen LogP contribution in [0.4, 0.5) is 0 Å². The Balaban J connectivity index is 0.998. The molecule has 0 radical (unpaired) electrons. The van der Waals surface area contributed by atoms with Crippen LogP contribution in [0.3, 0.4) is 0 Å². The molecule has 0 saturated heterocycles. The van der Waals surface area contributed by atoms with Gasteiger partial charge in [0.05, 0.1) is 0 Å². The summed E-state index contributed by atoms with van der Waals surface area (Å²) in [5, 5.41) is 7.58. The maximum Gasteiger partial charge on any atom is 0.0491 e. The molecule has 0 bridgehead atoms. The van der Waals surface area contributed by atoms with Crippen molar-refractivity contribution in [2.24, 2.45) is 0 Å². The molecule has 0 atom stereocenters. The van der Waals surface area contributed by atoms with Gasteiger partial charge in [0.15, 0.2) is 0 Å². The summed E-state index contributed by atoms with van der Waals surface area (Å²) >= 11 is 0. The molecule has 1 nitrogen and oxygen atoms in total. The van der Waals surface area contributed by atoms with E-state index >= 15 is 0 Å². The van der Waals surface area contributed by atoms with Gasteiger partial charge in [-0.1, -0.05) is 211 Å². The first kappa shape index (κ1) is 40.3. The predicted molar refractivity (Wildman–Crippen MR) is 288 cm³/mol. The number of rotatable bonds is 8. The Bertz CT molecular complexity index is 3780. The van der Waals surface area contributed by atoms with Gasteiger partial charge >= 0.3 is 0 Å². The van der Waals surface area contributed by atoms with Crippen LogP contribution in [0.2, 0.25) is 0 Å². The van der Waals surface area contributed by atoms with E-state index in [1.807, 2.05) is 0 Å². The molecule has 1 aromatic heterocycles. The van der Waals surface area contributed by atoms with Crippen molar-refractivity contribution in [2.45, 2.75) is 27.3 Å². The van der Waals surface area contributed by atoms with Crippen molar-refractivity contribution in [3.8, 4) is 77.9 Å². The van der Waals surface area contributed by atoms with Crippen LogP contribution in [0.25, 0.3) is 121 Å². The molecule has 318 valence electrons. The Labute approximate surface area is 392 Å². The molecule has 0 aliphatic carbocycles. The van der Waals surface area contributed by atoms with Crippen LogP contribution < -0.4 is 0 Å². The van der Waals surface area contributed by atoms with E-state index in [1.165, 1.54) is 132 Å². The summed E-state index contributed by atoms with van der Waals surface area (Å²) in [6.07, 6.45) is 0. The van der Waals surface area contributed by atoms with Crippen molar-refractivity contribution in [3.63, 3.8) is 0 Å². The van der Waals surface area contributed by atoms with Crippen LogP contribution >= 0.6 is 0 Å². The predicted octanol–water partition coefficient (Wildman–Crippen LogP) is 18.4. The maximum atomic E-state index is 2.43. The Morgan fingerprint density at radius 1 is 0.254 bits per heavy atom. The second kappa shape index (κ2) is 16.6. The molecule has 0 aliphatic heterocycles. The quantitative estimate of drug-likeness (QED) is 0.134. The second-order valence-electron chi connectivity index (χ2n) is 18.1. The minimum absolute atomic E-state index is 0.946. The lowest BCUT2D eigenvalue weighted by Gasteiger charge is -2.20. The molecule has 12 aromatic rings. The Morgan fingerprint density at radius 3 is 1.04 bits per heavy atom. The molecule has 0 aliphatic rings. The van der Waals surface area contributed by atoms with Gasteiger partial charge in [-0.15, -0.1) is 0 Å². The topological polar surface area (TPSA) is 4.93 Å². The van der Waals surface area contributed by atoms with Gasteiger partial charge in [-0.2, -0.15) is 0 Å². The minimum Gasteiger partial charge on any atom is -0.341 e. The Hall–Kier alpha value is -8.26. The van der Waals surface area contributed by atoms with Crippen molar-refractivity contribution < 1.29 is 0 Å². The van der Waals surface area contributed by atoms with E-state index in [1.54, 1.807) is 0 Å². The summed E-state index contributed by atoms with van der Waals surface area (Å²) in [4.78, 5) is 0. The first-order valence-corrected chi connectivity index (χ1v) is 23.5. The summed E-state index contributed by atoms with van der Waals surface area (Å²) in [5.41, 5.74) is 22.1. The van der Waals surface area contributed by atoms with E-state index in [2.05, 4.69) is 256 Å². The molecule has 0 saturated carbocycles. The standard InChI is InChI=1S/C66H49N/c1-4-67-63-13-9-8-12-57(63)60-40-56(36-39-64(60)67)51-24-22-47(23-25-51)48-28-32-53(33-29-48)66-59-38-35-54(49-18-14-43(2)15-19-49)41-61(59)65(52-30-26-46(27-31-52)45-10-6-5-7-11-45)58-37-34-55(42-62(58)66)50-20-16-44(3)17-21-50/h5-42H,4H2,1-3H3. The maximum absolute atomic E-state index is 2.43. The second-order valence-corrected chi connectivity index (χ2v) is 18.1. The zero-order valence-electron chi connectivity index (χ0n) is 38.1. The number of fused-ring (bicyclic) bond motifs is 5. The van der Waals surface area contributed by atoms with E-state index in [-0.39, 0.29) is 0 Å². The van der Waals surface area contributed by atoms with Gasteiger partial charge < -0.3 is 4.57 Å². The fourth-order valence-electron chi connectivity index (χ4n) is 10.4. The van der Waals surface area contributed by atoms with Gasteiger partial charge in [0.1, 0.15) is 0 Å². The molecule has 67 heavy (non-hydrogen) atoms. The smallest absolute Gasteiger partial charge is 0.0491 e. The number of hydrogen-bond acceptors (Lipinski definition) is 0. The minimum atomic E-state index is 0.946. The van der Waals surface area contributed by atoms with E-state index in [0.29, 0.717) is 0 Å². The molecular formula is C66H49N. The Morgan fingerprint density at radius 2 is 0.582 bits per heavy atom. The summed E-state index contributed by atoms with van der Waals surface area (Å²) in [6.45, 7) is 7.48. The largest absolute Gasteiger partial charge is 0.341 e. The van der Waals surface area contributed by atoms with Crippen molar-refractivity contribution in [1.29, 1.82) is 0 Å². The third-order valence-electron chi connectivity index (χ3n) is 14.0. The van der Waals surface area contributed by atoms with Crippen molar-refractivity contribution in [2.75, 3.05) is 0 Å². The van der Waals surface area contributed by atoms with Crippen molar-refractivity contribution in [3.05, 3.63) is 242 Å². The zero-order chi connectivity index (χ0) is 45.0. The summed E-state index contributed by atoms with van der Waals surface area (Å²) in [6, 6.07) is 85.9. The lowest BCUT2D eigenvalue weighted by Crippen LogP contribution is -1.93. The highest BCUT2D eigenvalue weighted by Gasteiger charge is 2.20.